The van der Waals surface area contributed by atoms with Gasteiger partial charge in [0.1, 0.15) is 0 Å². The second-order valence-electron chi connectivity index (χ2n) is 4.85. The first-order chi connectivity index (χ1) is 6.72. The van der Waals surface area contributed by atoms with Gasteiger partial charge in [-0.15, -0.1) is 0 Å². The fraction of sp³-hybridized carbons (Fsp3) is 1.00. The van der Waals surface area contributed by atoms with Crippen molar-refractivity contribution in [1.82, 2.24) is 0 Å². The van der Waals surface area contributed by atoms with Crippen molar-refractivity contribution in [2.45, 2.75) is 46.0 Å². The van der Waals surface area contributed by atoms with Gasteiger partial charge in [-0.2, -0.15) is 11.8 Å². The highest BCUT2D eigenvalue weighted by Gasteiger charge is 2.35. The third-order valence-corrected chi connectivity index (χ3v) is 4.57. The van der Waals surface area contributed by atoms with Crippen LogP contribution in [0.5, 0.6) is 0 Å². The van der Waals surface area contributed by atoms with Crippen LogP contribution >= 0.6 is 11.8 Å². The van der Waals surface area contributed by atoms with Gasteiger partial charge in [0.25, 0.3) is 0 Å². The van der Waals surface area contributed by atoms with Crippen LogP contribution in [0.15, 0.2) is 0 Å². The maximum absolute atomic E-state index is 5.94. The highest BCUT2D eigenvalue weighted by molar-refractivity contribution is 7.99. The normalized spacial score (nSPS) is 32.4. The van der Waals surface area contributed by atoms with Crippen LogP contribution in [0.25, 0.3) is 0 Å². The molecule has 0 aromatic heterocycles. The fourth-order valence-corrected chi connectivity index (χ4v) is 3.34. The van der Waals surface area contributed by atoms with Crippen molar-refractivity contribution in [2.24, 2.45) is 17.1 Å². The minimum absolute atomic E-state index is 0.522. The van der Waals surface area contributed by atoms with Crippen LogP contribution in [0.4, 0.5) is 0 Å². The molecule has 1 nitrogen and oxygen atoms in total. The highest BCUT2D eigenvalue weighted by atomic mass is 32.2. The standard InChI is InChI=1S/C12H25NS/c1-3-14-8-4-6-12(10-13)7-5-11(2)9-12/h11H,3-10,13H2,1-2H3. The first-order valence-corrected chi connectivity index (χ1v) is 7.16. The van der Waals surface area contributed by atoms with Crippen molar-refractivity contribution in [1.29, 1.82) is 0 Å². The van der Waals surface area contributed by atoms with E-state index in [0.29, 0.717) is 5.41 Å². The van der Waals surface area contributed by atoms with Gasteiger partial charge >= 0.3 is 0 Å². The van der Waals surface area contributed by atoms with Crippen LogP contribution < -0.4 is 5.73 Å². The van der Waals surface area contributed by atoms with Gasteiger partial charge in [0, 0.05) is 0 Å². The van der Waals surface area contributed by atoms with E-state index >= 15 is 0 Å². The lowest BCUT2D eigenvalue weighted by molar-refractivity contribution is 0.271. The Morgan fingerprint density at radius 2 is 2.29 bits per heavy atom. The van der Waals surface area contributed by atoms with E-state index in [1.165, 1.54) is 43.6 Å². The van der Waals surface area contributed by atoms with Crippen molar-refractivity contribution >= 4 is 11.8 Å². The van der Waals surface area contributed by atoms with Gasteiger partial charge in [-0.05, 0) is 55.1 Å². The van der Waals surface area contributed by atoms with Gasteiger partial charge in [-0.3, -0.25) is 0 Å². The zero-order valence-electron chi connectivity index (χ0n) is 9.72. The molecule has 1 rings (SSSR count). The molecule has 0 aromatic carbocycles. The van der Waals surface area contributed by atoms with E-state index < -0.39 is 0 Å². The molecule has 1 aliphatic rings. The summed E-state index contributed by atoms with van der Waals surface area (Å²) in [6.07, 6.45) is 6.88. The minimum Gasteiger partial charge on any atom is -0.330 e. The van der Waals surface area contributed by atoms with Gasteiger partial charge < -0.3 is 5.73 Å². The van der Waals surface area contributed by atoms with Crippen LogP contribution in [0.1, 0.15) is 46.0 Å². The molecule has 0 spiro atoms. The summed E-state index contributed by atoms with van der Waals surface area (Å²) in [6, 6.07) is 0. The van der Waals surface area contributed by atoms with Crippen molar-refractivity contribution in [3.63, 3.8) is 0 Å². The SMILES string of the molecule is CCSCCCC1(CN)CCC(C)C1. The van der Waals surface area contributed by atoms with Crippen LogP contribution in [-0.4, -0.2) is 18.1 Å². The Balaban J connectivity index is 2.24. The third kappa shape index (κ3) is 3.47. The summed E-state index contributed by atoms with van der Waals surface area (Å²) in [7, 11) is 0. The van der Waals surface area contributed by atoms with Crippen LogP contribution in [-0.2, 0) is 0 Å². The molecule has 2 N–H and O–H groups in total. The molecule has 0 aliphatic heterocycles. The molecule has 1 saturated carbocycles. The summed E-state index contributed by atoms with van der Waals surface area (Å²) in [5.41, 5.74) is 6.46. The molecule has 2 heteroatoms. The van der Waals surface area contributed by atoms with E-state index in [1.807, 2.05) is 0 Å². The largest absolute Gasteiger partial charge is 0.330 e. The first kappa shape index (κ1) is 12.4. The molecule has 84 valence electrons. The Morgan fingerprint density at radius 3 is 2.79 bits per heavy atom. The number of hydrogen-bond donors (Lipinski definition) is 1. The van der Waals surface area contributed by atoms with Crippen molar-refractivity contribution < 1.29 is 0 Å². The van der Waals surface area contributed by atoms with E-state index in [2.05, 4.69) is 25.6 Å². The Bertz CT molecular complexity index is 160. The van der Waals surface area contributed by atoms with Crippen LogP contribution in [0.2, 0.25) is 0 Å². The molecule has 14 heavy (non-hydrogen) atoms. The Kier molecular flexibility index (Phi) is 5.32. The average Bonchev–Trinajstić information content (AvgIpc) is 2.56. The predicted molar refractivity (Wildman–Crippen MR) is 66.7 cm³/mol. The Hall–Kier alpha value is 0.310. The lowest BCUT2D eigenvalue weighted by atomic mass is 9.81. The van der Waals surface area contributed by atoms with Crippen molar-refractivity contribution in [3.05, 3.63) is 0 Å². The van der Waals surface area contributed by atoms with Gasteiger partial charge in [0.15, 0.2) is 0 Å². The van der Waals surface area contributed by atoms with Gasteiger partial charge in [-0.25, -0.2) is 0 Å². The molecule has 0 radical (unpaired) electrons. The molecule has 0 bridgehead atoms. The Morgan fingerprint density at radius 1 is 1.50 bits per heavy atom. The molecule has 0 amide bonds. The fourth-order valence-electron chi connectivity index (χ4n) is 2.70. The van der Waals surface area contributed by atoms with E-state index in [9.17, 15) is 0 Å². The number of nitrogens with two attached hydrogens (primary N) is 1. The monoisotopic (exact) mass is 215 g/mol. The Labute approximate surface area is 93.2 Å². The molecule has 1 aliphatic carbocycles. The summed E-state index contributed by atoms with van der Waals surface area (Å²) in [6.45, 7) is 5.52. The van der Waals surface area contributed by atoms with Gasteiger partial charge in [-0.1, -0.05) is 20.3 Å². The predicted octanol–water partition coefficient (Wildman–Crippen LogP) is 3.28. The summed E-state index contributed by atoms with van der Waals surface area (Å²) in [5.74, 6) is 3.50. The minimum atomic E-state index is 0.522. The highest BCUT2D eigenvalue weighted by Crippen LogP contribution is 2.44. The van der Waals surface area contributed by atoms with Gasteiger partial charge in [0.2, 0.25) is 0 Å². The van der Waals surface area contributed by atoms with Crippen LogP contribution in [0.3, 0.4) is 0 Å². The zero-order chi connectivity index (χ0) is 10.4. The maximum Gasteiger partial charge on any atom is -0.00204 e. The molecule has 0 saturated heterocycles. The summed E-state index contributed by atoms with van der Waals surface area (Å²) < 4.78 is 0. The molecule has 0 aromatic rings. The second kappa shape index (κ2) is 6.02. The maximum atomic E-state index is 5.94. The lowest BCUT2D eigenvalue weighted by Gasteiger charge is -2.27. The van der Waals surface area contributed by atoms with Crippen molar-refractivity contribution in [3.8, 4) is 0 Å². The quantitative estimate of drug-likeness (QED) is 0.688. The topological polar surface area (TPSA) is 26.0 Å². The summed E-state index contributed by atoms with van der Waals surface area (Å²) in [5, 5.41) is 0. The molecule has 2 unspecified atom stereocenters. The summed E-state index contributed by atoms with van der Waals surface area (Å²) >= 11 is 2.06. The van der Waals surface area contributed by atoms with Crippen molar-refractivity contribution in [2.75, 3.05) is 18.1 Å². The smallest absolute Gasteiger partial charge is 0.00204 e. The summed E-state index contributed by atoms with van der Waals surface area (Å²) in [4.78, 5) is 0. The second-order valence-corrected chi connectivity index (χ2v) is 6.25. The van der Waals surface area contributed by atoms with E-state index in [0.717, 1.165) is 12.5 Å². The number of rotatable bonds is 6. The zero-order valence-corrected chi connectivity index (χ0v) is 10.5. The molecular weight excluding hydrogens is 190 g/mol. The molecule has 1 fully saturated rings. The van der Waals surface area contributed by atoms with E-state index in [-0.39, 0.29) is 0 Å². The average molecular weight is 215 g/mol. The van der Waals surface area contributed by atoms with E-state index in [4.69, 9.17) is 5.73 Å². The number of hydrogen-bond acceptors (Lipinski definition) is 2. The van der Waals surface area contributed by atoms with Gasteiger partial charge in [0.05, 0.1) is 0 Å². The lowest BCUT2D eigenvalue weighted by Crippen LogP contribution is -2.27. The molecule has 2 atom stereocenters. The number of thioether (sulfide) groups is 1. The first-order valence-electron chi connectivity index (χ1n) is 6.00. The molecular formula is C12H25NS. The van der Waals surface area contributed by atoms with E-state index in [1.54, 1.807) is 0 Å². The van der Waals surface area contributed by atoms with Crippen LogP contribution in [0, 0.1) is 11.3 Å². The third-order valence-electron chi connectivity index (χ3n) is 3.58. The molecule has 0 heterocycles.